The fourth-order valence-electron chi connectivity index (χ4n) is 0.204. The highest BCUT2D eigenvalue weighted by Gasteiger charge is 1.78. The Kier molecular flexibility index (Phi) is 19.5. The number of rotatable bonds is 0. The molecule has 0 rings (SSSR count). The highest BCUT2D eigenvalue weighted by Crippen LogP contribution is 1.65. The lowest BCUT2D eigenvalue weighted by molar-refractivity contribution is 0.398. The van der Waals surface area contributed by atoms with Crippen molar-refractivity contribution in [3.8, 4) is 0 Å². The molecule has 6 heteroatoms. The Morgan fingerprint density at radius 2 is 1.15 bits per heavy atom. The molecule has 4 nitrogen and oxygen atoms in total. The van der Waals surface area contributed by atoms with Gasteiger partial charge in [0.15, 0.2) is 0 Å². The number of hydrogen-bond donors (Lipinski definition) is 2. The first kappa shape index (κ1) is 18.2. The molecular weight excluding hydrogens is 208 g/mol. The zero-order valence-electron chi connectivity index (χ0n) is 7.63. The smallest absolute Gasteiger partial charge is 0.256 e. The molecule has 2 N–H and O–H groups in total. The topological polar surface area (TPSA) is 42.5 Å². The minimum atomic E-state index is 0. The highest BCUT2D eigenvalue weighted by molar-refractivity contribution is 7.80. The number of hydrogen-bond acceptors (Lipinski definition) is 4. The molecule has 13 heavy (non-hydrogen) atoms. The Morgan fingerprint density at radius 3 is 1.15 bits per heavy atom. The normalized spacial score (nSPS) is 6.46. The Hall–Kier alpha value is -0.620. The standard InChI is InChI=1S/2C3H7NOS.CH4/c2*1-4-3(6)5-2;/h2*1-2H3,(H,4,6);1H4. The van der Waals surface area contributed by atoms with Crippen LogP contribution in [0.25, 0.3) is 0 Å². The number of nitrogens with one attached hydrogen (secondary N) is 2. The van der Waals surface area contributed by atoms with Gasteiger partial charge in [-0.3, -0.25) is 0 Å². The van der Waals surface area contributed by atoms with Gasteiger partial charge in [0.25, 0.3) is 10.3 Å². The maximum atomic E-state index is 4.52. The van der Waals surface area contributed by atoms with E-state index in [1.807, 2.05) is 0 Å². The van der Waals surface area contributed by atoms with Crippen LogP contribution in [0.4, 0.5) is 0 Å². The molecule has 0 aliphatic carbocycles. The third-order valence-electron chi connectivity index (χ3n) is 0.779. The van der Waals surface area contributed by atoms with E-state index in [0.29, 0.717) is 10.3 Å². The molecule has 0 aromatic carbocycles. The molecule has 0 fully saturated rings. The first-order valence-electron chi connectivity index (χ1n) is 3.13. The van der Waals surface area contributed by atoms with Crippen LogP contribution < -0.4 is 10.6 Å². The Labute approximate surface area is 91.0 Å². The van der Waals surface area contributed by atoms with Crippen molar-refractivity contribution in [2.45, 2.75) is 7.43 Å². The second kappa shape index (κ2) is 13.9. The van der Waals surface area contributed by atoms with Gasteiger partial charge in [-0.1, -0.05) is 7.43 Å². The van der Waals surface area contributed by atoms with Crippen LogP contribution in [0.5, 0.6) is 0 Å². The molecule has 0 unspecified atom stereocenters. The van der Waals surface area contributed by atoms with Crippen molar-refractivity contribution in [1.29, 1.82) is 0 Å². The minimum Gasteiger partial charge on any atom is -0.474 e. The molecule has 0 atom stereocenters. The summed E-state index contributed by atoms with van der Waals surface area (Å²) in [6.07, 6.45) is 0. The first-order chi connectivity index (χ1) is 5.62. The van der Waals surface area contributed by atoms with Crippen LogP contribution in [0.1, 0.15) is 7.43 Å². The van der Waals surface area contributed by atoms with Gasteiger partial charge >= 0.3 is 0 Å². The molecule has 80 valence electrons. The van der Waals surface area contributed by atoms with E-state index >= 15 is 0 Å². The van der Waals surface area contributed by atoms with Crippen LogP contribution in [-0.4, -0.2) is 38.7 Å². The maximum Gasteiger partial charge on any atom is 0.256 e. The largest absolute Gasteiger partial charge is 0.474 e. The lowest BCUT2D eigenvalue weighted by atomic mass is 11.1. The summed E-state index contributed by atoms with van der Waals surface area (Å²) in [7, 11) is 6.48. The summed E-state index contributed by atoms with van der Waals surface area (Å²) in [6.45, 7) is 0. The van der Waals surface area contributed by atoms with E-state index < -0.39 is 0 Å². The van der Waals surface area contributed by atoms with E-state index in [1.165, 1.54) is 14.2 Å². The Morgan fingerprint density at radius 1 is 0.923 bits per heavy atom. The van der Waals surface area contributed by atoms with Crippen molar-refractivity contribution >= 4 is 34.8 Å². The van der Waals surface area contributed by atoms with Crippen molar-refractivity contribution in [1.82, 2.24) is 10.6 Å². The molecule has 0 saturated heterocycles. The predicted octanol–water partition coefficient (Wildman–Crippen LogP) is 0.910. The van der Waals surface area contributed by atoms with Crippen LogP contribution in [-0.2, 0) is 9.47 Å². The van der Waals surface area contributed by atoms with Crippen molar-refractivity contribution in [2.24, 2.45) is 0 Å². The van der Waals surface area contributed by atoms with Gasteiger partial charge in [-0.05, 0) is 24.4 Å². The van der Waals surface area contributed by atoms with Crippen molar-refractivity contribution in [3.63, 3.8) is 0 Å². The second-order valence-corrected chi connectivity index (χ2v) is 2.22. The molecule has 0 saturated carbocycles. The third-order valence-corrected chi connectivity index (χ3v) is 1.52. The summed E-state index contributed by atoms with van der Waals surface area (Å²) in [5.41, 5.74) is 0. The Bertz CT molecular complexity index is 114. The molecule has 0 heterocycles. The SMILES string of the molecule is C.CNC(=S)OC.CNC(=S)OC. The molecule has 0 radical (unpaired) electrons. The minimum absolute atomic E-state index is 0. The van der Waals surface area contributed by atoms with Gasteiger partial charge in [0, 0.05) is 14.1 Å². The van der Waals surface area contributed by atoms with Crippen LogP contribution in [0.2, 0.25) is 0 Å². The summed E-state index contributed by atoms with van der Waals surface area (Å²) < 4.78 is 9.04. The van der Waals surface area contributed by atoms with Crippen molar-refractivity contribution in [2.75, 3.05) is 28.3 Å². The summed E-state index contributed by atoms with van der Waals surface area (Å²) in [5.74, 6) is 0. The van der Waals surface area contributed by atoms with Gasteiger partial charge in [0.2, 0.25) is 0 Å². The van der Waals surface area contributed by atoms with Crippen LogP contribution in [0, 0.1) is 0 Å². The van der Waals surface area contributed by atoms with E-state index in [4.69, 9.17) is 0 Å². The summed E-state index contributed by atoms with van der Waals surface area (Å²) in [5, 5.41) is 6.10. The van der Waals surface area contributed by atoms with Gasteiger partial charge in [-0.2, -0.15) is 0 Å². The number of ether oxygens (including phenoxy) is 2. The second-order valence-electron chi connectivity index (χ2n) is 1.48. The molecule has 0 amide bonds. The van der Waals surface area contributed by atoms with E-state index in [0.717, 1.165) is 0 Å². The lowest BCUT2D eigenvalue weighted by Crippen LogP contribution is -2.16. The van der Waals surface area contributed by atoms with Gasteiger partial charge in [0.1, 0.15) is 0 Å². The Balaban J connectivity index is -0.000000143. The number of methoxy groups -OCH3 is 2. The summed E-state index contributed by atoms with van der Waals surface area (Å²) >= 11 is 9.05. The quantitative estimate of drug-likeness (QED) is 0.599. The average Bonchev–Trinajstić information content (AvgIpc) is 2.16. The van der Waals surface area contributed by atoms with Gasteiger partial charge in [-0.25, -0.2) is 0 Å². The van der Waals surface area contributed by atoms with E-state index in [2.05, 4.69) is 44.5 Å². The molecule has 0 aromatic heterocycles. The van der Waals surface area contributed by atoms with Crippen LogP contribution in [0.15, 0.2) is 0 Å². The molecule has 0 aliphatic rings. The van der Waals surface area contributed by atoms with Crippen LogP contribution >= 0.6 is 24.4 Å². The maximum absolute atomic E-state index is 4.52. The zero-order chi connectivity index (χ0) is 9.98. The average molecular weight is 226 g/mol. The van der Waals surface area contributed by atoms with E-state index in [-0.39, 0.29) is 7.43 Å². The van der Waals surface area contributed by atoms with Gasteiger partial charge in [-0.15, -0.1) is 0 Å². The fourth-order valence-corrected chi connectivity index (χ4v) is 0.204. The predicted molar refractivity (Wildman–Crippen MR) is 64.1 cm³/mol. The first-order valence-corrected chi connectivity index (χ1v) is 3.95. The van der Waals surface area contributed by atoms with E-state index in [1.54, 1.807) is 14.1 Å². The zero-order valence-corrected chi connectivity index (χ0v) is 9.27. The van der Waals surface area contributed by atoms with E-state index in [9.17, 15) is 0 Å². The van der Waals surface area contributed by atoms with Crippen LogP contribution in [0.3, 0.4) is 0 Å². The monoisotopic (exact) mass is 226 g/mol. The molecule has 0 spiro atoms. The molecule has 0 aromatic rings. The van der Waals surface area contributed by atoms with Gasteiger partial charge in [0.05, 0.1) is 14.2 Å². The lowest BCUT2D eigenvalue weighted by Gasteiger charge is -1.95. The molecular formula is C7H18N2O2S2. The summed E-state index contributed by atoms with van der Waals surface area (Å²) in [4.78, 5) is 0. The molecule has 0 bridgehead atoms. The third kappa shape index (κ3) is 18.4. The molecule has 0 aliphatic heterocycles. The summed E-state index contributed by atoms with van der Waals surface area (Å²) in [6, 6.07) is 0. The highest BCUT2D eigenvalue weighted by atomic mass is 32.1. The fraction of sp³-hybridized carbons (Fsp3) is 0.714. The van der Waals surface area contributed by atoms with Gasteiger partial charge < -0.3 is 20.1 Å². The van der Waals surface area contributed by atoms with Crippen molar-refractivity contribution in [3.05, 3.63) is 0 Å². The van der Waals surface area contributed by atoms with Crippen molar-refractivity contribution < 1.29 is 9.47 Å². The number of thiocarbonyl (C=S) groups is 2.